The normalized spacial score (nSPS) is 9.18. The minimum atomic E-state index is 0.598. The number of carbonyl (C=O) groups excluding carboxylic acids is 2. The van der Waals surface area contributed by atoms with Crippen molar-refractivity contribution in [2.24, 2.45) is 0 Å². The van der Waals surface area contributed by atoms with Crippen molar-refractivity contribution in [2.45, 2.75) is 13.5 Å². The second-order valence-corrected chi connectivity index (χ2v) is 8.19. The number of halogens is 1. The van der Waals surface area contributed by atoms with Gasteiger partial charge in [0.05, 0.1) is 40.5 Å². The van der Waals surface area contributed by atoms with E-state index in [0.717, 1.165) is 32.4 Å². The predicted molar refractivity (Wildman–Crippen MR) is 134 cm³/mol. The van der Waals surface area contributed by atoms with Gasteiger partial charge in [-0.25, -0.2) is 0 Å². The number of carbonyl (C=O) groups is 2. The van der Waals surface area contributed by atoms with E-state index < -0.39 is 0 Å². The molecule has 0 unspecified atom stereocenters. The van der Waals surface area contributed by atoms with Crippen LogP contribution in [0.15, 0.2) is 54.6 Å². The number of fused-ring (bicyclic) bond motifs is 1. The molecule has 2 heterocycles. The highest BCUT2D eigenvalue weighted by atomic mass is 35.5. The summed E-state index contributed by atoms with van der Waals surface area (Å²) in [6.45, 7) is 6.64. The highest BCUT2D eigenvalue weighted by molar-refractivity contribution is 7.16. The van der Waals surface area contributed by atoms with E-state index in [1.807, 2.05) is 80.8 Å². The van der Waals surface area contributed by atoms with Gasteiger partial charge in [0.25, 0.3) is 0 Å². The number of rotatable bonds is 4. The third kappa shape index (κ3) is 7.45. The van der Waals surface area contributed by atoms with Crippen LogP contribution in [-0.2, 0) is 16.1 Å². The van der Waals surface area contributed by atoms with Crippen LogP contribution < -0.4 is 10.1 Å². The molecular weight excluding hydrogens is 460 g/mol. The summed E-state index contributed by atoms with van der Waals surface area (Å²) in [5, 5.41) is 17.7. The van der Waals surface area contributed by atoms with Gasteiger partial charge in [0.1, 0.15) is 19.3 Å². The van der Waals surface area contributed by atoms with Crippen LogP contribution in [0, 0.1) is 18.3 Å². The number of aryl methyl sites for hydroxylation is 1. The molecule has 0 bridgehead atoms. The summed E-state index contributed by atoms with van der Waals surface area (Å²) in [6, 6.07) is 19.5. The molecule has 0 amide bonds. The van der Waals surface area contributed by atoms with E-state index in [-0.39, 0.29) is 0 Å². The van der Waals surface area contributed by atoms with Crippen LogP contribution in [0.2, 0.25) is 4.34 Å². The van der Waals surface area contributed by atoms with Crippen LogP contribution in [0.3, 0.4) is 0 Å². The van der Waals surface area contributed by atoms with Gasteiger partial charge in [-0.15, -0.1) is 11.3 Å². The lowest BCUT2D eigenvalue weighted by Crippen LogP contribution is -2.02. The number of hydrogen-bond donors (Lipinski definition) is 1. The summed E-state index contributed by atoms with van der Waals surface area (Å²) in [5.41, 5.74) is 2.68. The molecule has 4 rings (SSSR count). The van der Waals surface area contributed by atoms with E-state index in [4.69, 9.17) is 31.2 Å². The van der Waals surface area contributed by atoms with Gasteiger partial charge in [0.2, 0.25) is 0 Å². The van der Waals surface area contributed by atoms with E-state index in [9.17, 15) is 0 Å². The highest BCUT2D eigenvalue weighted by Crippen LogP contribution is 2.32. The molecule has 2 aromatic carbocycles. The zero-order valence-corrected chi connectivity index (χ0v) is 20.2. The Labute approximate surface area is 202 Å². The lowest BCUT2D eigenvalue weighted by atomic mass is 10.1. The largest absolute Gasteiger partial charge is 0.496 e. The van der Waals surface area contributed by atoms with Crippen LogP contribution in [0.4, 0.5) is 5.82 Å². The first-order chi connectivity index (χ1) is 16.0. The molecule has 33 heavy (non-hydrogen) atoms. The number of nitrogens with one attached hydrogen (secondary N) is 1. The summed E-state index contributed by atoms with van der Waals surface area (Å²) in [5.74, 6) is 1.57. The standard InChI is InChI=1S/C17H16N4O.C5H5ClS.2CH2O/c1-19-17-16-14(7-4-8-15(16)22-2)21(20-17)11-13-6-3-5-12(9-13)10-18;1-4-2-3-5(6)7-4;2*1-2/h3-9H,11H2,1-2H3,(H,19,20);2-3H,1H3;2*1H2. The Kier molecular flexibility index (Phi) is 11.9. The van der Waals surface area contributed by atoms with Gasteiger partial charge < -0.3 is 19.6 Å². The van der Waals surface area contributed by atoms with Crippen LogP contribution in [0.5, 0.6) is 5.75 Å². The molecule has 0 radical (unpaired) electrons. The molecule has 0 saturated heterocycles. The molecule has 0 spiro atoms. The van der Waals surface area contributed by atoms with E-state index >= 15 is 0 Å². The number of ether oxygens (including phenoxy) is 1. The highest BCUT2D eigenvalue weighted by Gasteiger charge is 2.14. The van der Waals surface area contributed by atoms with E-state index in [2.05, 4.69) is 16.5 Å². The number of aromatic nitrogens is 2. The zero-order chi connectivity index (χ0) is 24.8. The second kappa shape index (κ2) is 14.4. The van der Waals surface area contributed by atoms with E-state index in [1.165, 1.54) is 4.88 Å². The van der Waals surface area contributed by atoms with Gasteiger partial charge >= 0.3 is 0 Å². The maximum absolute atomic E-state index is 9.01. The van der Waals surface area contributed by atoms with Crippen molar-refractivity contribution in [3.05, 3.63) is 74.9 Å². The second-order valence-electron chi connectivity index (χ2n) is 6.27. The number of thiophene rings is 1. The summed E-state index contributed by atoms with van der Waals surface area (Å²) < 4.78 is 8.22. The van der Waals surface area contributed by atoms with Crippen LogP contribution in [-0.4, -0.2) is 37.5 Å². The topological polar surface area (TPSA) is 97.0 Å². The minimum Gasteiger partial charge on any atom is -0.496 e. The predicted octanol–water partition coefficient (Wildman–Crippen LogP) is 5.35. The average molecular weight is 485 g/mol. The summed E-state index contributed by atoms with van der Waals surface area (Å²) >= 11 is 7.19. The smallest absolute Gasteiger partial charge is 0.159 e. The third-order valence-corrected chi connectivity index (χ3v) is 5.44. The van der Waals surface area contributed by atoms with Gasteiger partial charge in [-0.05, 0) is 48.9 Å². The lowest BCUT2D eigenvalue weighted by Gasteiger charge is -2.05. The van der Waals surface area contributed by atoms with E-state index in [0.29, 0.717) is 12.1 Å². The van der Waals surface area contributed by atoms with Crippen molar-refractivity contribution in [3.63, 3.8) is 0 Å². The van der Waals surface area contributed by atoms with Gasteiger partial charge in [0, 0.05) is 11.9 Å². The average Bonchev–Trinajstić information content (AvgIpc) is 3.43. The fraction of sp³-hybridized carbons (Fsp3) is 0.167. The maximum Gasteiger partial charge on any atom is 0.159 e. The fourth-order valence-electron chi connectivity index (χ4n) is 2.98. The first-order valence-electron chi connectivity index (χ1n) is 9.55. The molecule has 0 atom stereocenters. The molecule has 0 fully saturated rings. The molecule has 0 aliphatic rings. The molecule has 0 aliphatic carbocycles. The first-order valence-corrected chi connectivity index (χ1v) is 10.7. The molecule has 7 nitrogen and oxygen atoms in total. The summed E-state index contributed by atoms with van der Waals surface area (Å²) in [6.07, 6.45) is 0. The number of nitrogens with zero attached hydrogens (tertiary/aromatic N) is 3. The van der Waals surface area contributed by atoms with E-state index in [1.54, 1.807) is 24.5 Å². The molecule has 1 N–H and O–H groups in total. The zero-order valence-electron chi connectivity index (χ0n) is 18.7. The number of benzene rings is 2. The van der Waals surface area contributed by atoms with Crippen molar-refractivity contribution in [1.82, 2.24) is 9.78 Å². The van der Waals surface area contributed by atoms with Crippen molar-refractivity contribution < 1.29 is 14.3 Å². The van der Waals surface area contributed by atoms with Crippen LogP contribution in [0.1, 0.15) is 16.0 Å². The summed E-state index contributed by atoms with van der Waals surface area (Å²) in [4.78, 5) is 17.3. The molecule has 4 aromatic rings. The molecule has 0 aliphatic heterocycles. The van der Waals surface area contributed by atoms with Crippen molar-refractivity contribution in [1.29, 1.82) is 5.26 Å². The quantitative estimate of drug-likeness (QED) is 0.419. The Morgan fingerprint density at radius 3 is 2.36 bits per heavy atom. The van der Waals surface area contributed by atoms with Gasteiger partial charge in [0.15, 0.2) is 5.82 Å². The molecular formula is C24H25ClN4O3S. The van der Waals surface area contributed by atoms with Crippen molar-refractivity contribution >= 4 is 53.2 Å². The number of methoxy groups -OCH3 is 1. The Hall–Kier alpha value is -3.67. The number of nitriles is 1. The Bertz CT molecular complexity index is 1180. The van der Waals surface area contributed by atoms with Gasteiger partial charge in [-0.3, -0.25) is 4.68 Å². The molecule has 172 valence electrons. The Balaban J connectivity index is 0.000000415. The van der Waals surface area contributed by atoms with Crippen LogP contribution >= 0.6 is 22.9 Å². The fourth-order valence-corrected chi connectivity index (χ4v) is 3.99. The molecule has 2 aromatic heterocycles. The maximum atomic E-state index is 9.01. The molecule has 0 saturated carbocycles. The van der Waals surface area contributed by atoms with Crippen molar-refractivity contribution in [2.75, 3.05) is 19.5 Å². The monoisotopic (exact) mass is 484 g/mol. The van der Waals surface area contributed by atoms with Crippen LogP contribution in [0.25, 0.3) is 10.9 Å². The SMILES string of the molecule is C=O.C=O.CNc1nn(Cc2cccc(C#N)c2)c2cccc(OC)c12.Cc1ccc(Cl)s1. The van der Waals surface area contributed by atoms with Crippen molar-refractivity contribution in [3.8, 4) is 11.8 Å². The number of hydrogen-bond acceptors (Lipinski definition) is 7. The molecule has 9 heteroatoms. The third-order valence-electron chi connectivity index (χ3n) is 4.29. The Morgan fingerprint density at radius 2 is 1.85 bits per heavy atom. The lowest BCUT2D eigenvalue weighted by molar-refractivity contribution is -0.0987. The summed E-state index contributed by atoms with van der Waals surface area (Å²) in [7, 11) is 3.50. The number of anilines is 1. The minimum absolute atomic E-state index is 0.598. The first kappa shape index (κ1) is 27.4. The van der Waals surface area contributed by atoms with Gasteiger partial charge in [-0.2, -0.15) is 10.4 Å². The Morgan fingerprint density at radius 1 is 1.15 bits per heavy atom. The van der Waals surface area contributed by atoms with Gasteiger partial charge in [-0.1, -0.05) is 29.8 Å².